The van der Waals surface area contributed by atoms with E-state index in [-0.39, 0.29) is 17.7 Å². The fourth-order valence-corrected chi connectivity index (χ4v) is 4.62. The van der Waals surface area contributed by atoms with Crippen LogP contribution in [0.3, 0.4) is 0 Å². The van der Waals surface area contributed by atoms with Crippen molar-refractivity contribution in [1.82, 2.24) is 9.47 Å². The van der Waals surface area contributed by atoms with Gasteiger partial charge in [0, 0.05) is 40.9 Å². The molecule has 0 bridgehead atoms. The van der Waals surface area contributed by atoms with E-state index in [1.807, 2.05) is 18.2 Å². The number of fused-ring (bicyclic) bond motifs is 3. The van der Waals surface area contributed by atoms with Crippen molar-refractivity contribution in [3.8, 4) is 0 Å². The van der Waals surface area contributed by atoms with Crippen molar-refractivity contribution in [3.63, 3.8) is 0 Å². The predicted octanol–water partition coefficient (Wildman–Crippen LogP) is 5.91. The van der Waals surface area contributed by atoms with Gasteiger partial charge in [-0.1, -0.05) is 30.3 Å². The second-order valence-electron chi connectivity index (χ2n) is 7.71. The number of aromatic nitrogens is 1. The van der Waals surface area contributed by atoms with E-state index < -0.39 is 0 Å². The van der Waals surface area contributed by atoms with Crippen molar-refractivity contribution in [1.29, 1.82) is 0 Å². The first-order valence-electron chi connectivity index (χ1n) is 9.84. The summed E-state index contributed by atoms with van der Waals surface area (Å²) in [7, 11) is 0. The van der Waals surface area contributed by atoms with Crippen molar-refractivity contribution in [2.24, 2.45) is 0 Å². The molecule has 0 aliphatic carbocycles. The van der Waals surface area contributed by atoms with Gasteiger partial charge < -0.3 is 4.57 Å². The fraction of sp³-hybridized carbons (Fsp3) is 0.250. The summed E-state index contributed by atoms with van der Waals surface area (Å²) in [6.45, 7) is 2.94. The molecule has 1 aromatic heterocycles. The number of likely N-dealkylation sites (tertiary alicyclic amines) is 1. The Hall–Kier alpha value is -2.72. The van der Waals surface area contributed by atoms with Crippen LogP contribution in [0.1, 0.15) is 24.4 Å². The van der Waals surface area contributed by atoms with Crippen LogP contribution in [-0.2, 0) is 6.54 Å². The largest absolute Gasteiger partial charge is 0.336 e. The summed E-state index contributed by atoms with van der Waals surface area (Å²) in [4.78, 5) is 2.48. The third-order valence-corrected chi connectivity index (χ3v) is 5.82. The van der Waals surface area contributed by atoms with Gasteiger partial charge in [0.05, 0.1) is 0 Å². The molecule has 0 spiro atoms. The number of nitrogens with zero attached hydrogens (tertiary/aromatic N) is 2. The normalized spacial score (nSPS) is 18.1. The molecule has 4 aromatic rings. The second-order valence-corrected chi connectivity index (χ2v) is 7.71. The molecule has 1 fully saturated rings. The zero-order valence-electron chi connectivity index (χ0n) is 15.6. The van der Waals surface area contributed by atoms with Gasteiger partial charge in [-0.15, -0.1) is 0 Å². The average Bonchev–Trinajstić information content (AvgIpc) is 3.02. The van der Waals surface area contributed by atoms with Gasteiger partial charge in [-0.3, -0.25) is 4.90 Å². The lowest BCUT2D eigenvalue weighted by molar-refractivity contribution is 0.174. The first-order chi connectivity index (χ1) is 13.7. The number of rotatable bonds is 3. The van der Waals surface area contributed by atoms with Gasteiger partial charge in [0.15, 0.2) is 0 Å². The molecule has 2 heterocycles. The molecule has 4 heteroatoms. The van der Waals surface area contributed by atoms with Gasteiger partial charge in [0.25, 0.3) is 0 Å². The van der Waals surface area contributed by atoms with E-state index in [1.165, 1.54) is 29.8 Å². The molecule has 3 aromatic carbocycles. The smallest absolute Gasteiger partial charge is 0.123 e. The van der Waals surface area contributed by atoms with E-state index in [2.05, 4.69) is 33.7 Å². The summed E-state index contributed by atoms with van der Waals surface area (Å²) in [5.41, 5.74) is 3.27. The molecule has 5 rings (SSSR count). The lowest BCUT2D eigenvalue weighted by Gasteiger charge is -2.34. The van der Waals surface area contributed by atoms with Gasteiger partial charge in [-0.25, -0.2) is 8.78 Å². The minimum atomic E-state index is -0.287. The summed E-state index contributed by atoms with van der Waals surface area (Å²) in [5.74, 6) is -0.574. The topological polar surface area (TPSA) is 8.17 Å². The number of hydrogen-bond donors (Lipinski definition) is 0. The molecule has 2 nitrogen and oxygen atoms in total. The third-order valence-electron chi connectivity index (χ3n) is 5.82. The van der Waals surface area contributed by atoms with Gasteiger partial charge in [0.2, 0.25) is 0 Å². The van der Waals surface area contributed by atoms with Crippen LogP contribution in [0.4, 0.5) is 8.78 Å². The van der Waals surface area contributed by atoms with Crippen LogP contribution in [0, 0.1) is 11.6 Å². The summed E-state index contributed by atoms with van der Waals surface area (Å²) >= 11 is 0. The van der Waals surface area contributed by atoms with Crippen LogP contribution in [0.25, 0.3) is 21.8 Å². The fourth-order valence-electron chi connectivity index (χ4n) is 4.62. The van der Waals surface area contributed by atoms with Crippen molar-refractivity contribution in [2.75, 3.05) is 13.1 Å². The predicted molar refractivity (Wildman–Crippen MR) is 109 cm³/mol. The van der Waals surface area contributed by atoms with Gasteiger partial charge >= 0.3 is 0 Å². The quantitative estimate of drug-likeness (QED) is 0.431. The number of halogens is 2. The third kappa shape index (κ3) is 3.08. The summed E-state index contributed by atoms with van der Waals surface area (Å²) in [6.07, 6.45) is 2.18. The molecule has 0 unspecified atom stereocenters. The highest BCUT2D eigenvalue weighted by molar-refractivity contribution is 6.08. The lowest BCUT2D eigenvalue weighted by atomic mass is 10.0. The zero-order valence-corrected chi connectivity index (χ0v) is 15.6. The van der Waals surface area contributed by atoms with Crippen LogP contribution >= 0.6 is 0 Å². The highest BCUT2D eigenvalue weighted by Crippen LogP contribution is 2.36. The number of hydrogen-bond acceptors (Lipinski definition) is 1. The molecule has 0 radical (unpaired) electrons. The average molecular weight is 376 g/mol. The Morgan fingerprint density at radius 3 is 2.11 bits per heavy atom. The molecule has 1 atom stereocenters. The van der Waals surface area contributed by atoms with Crippen LogP contribution < -0.4 is 0 Å². The zero-order chi connectivity index (χ0) is 19.1. The van der Waals surface area contributed by atoms with E-state index in [0.717, 1.165) is 54.3 Å². The molecule has 142 valence electrons. The lowest BCUT2D eigenvalue weighted by Crippen LogP contribution is -2.36. The van der Waals surface area contributed by atoms with E-state index in [0.29, 0.717) is 0 Å². The highest BCUT2D eigenvalue weighted by Gasteiger charge is 2.25. The molecule has 1 aliphatic heterocycles. The minimum absolute atomic E-state index is 0.286. The molecule has 1 saturated heterocycles. The number of benzene rings is 3. The molecular formula is C24H22F2N2. The minimum Gasteiger partial charge on any atom is -0.336 e. The Balaban J connectivity index is 1.56. The van der Waals surface area contributed by atoms with E-state index >= 15 is 0 Å². The van der Waals surface area contributed by atoms with E-state index in [4.69, 9.17) is 0 Å². The monoisotopic (exact) mass is 376 g/mol. The van der Waals surface area contributed by atoms with Crippen molar-refractivity contribution in [3.05, 3.63) is 83.9 Å². The Morgan fingerprint density at radius 2 is 1.46 bits per heavy atom. The standard InChI is InChI=1S/C24H22F2N2/c25-18-8-10-23-21(13-18)22-14-19(26)9-11-24(22)28(23)20-7-4-12-27(16-20)15-17-5-2-1-3-6-17/h1-3,5-6,8-11,13-14,20H,4,7,12,15-16H2/t20-/m0/s1. The van der Waals surface area contributed by atoms with Crippen molar-refractivity contribution in [2.45, 2.75) is 25.4 Å². The first-order valence-corrected chi connectivity index (χ1v) is 9.84. The highest BCUT2D eigenvalue weighted by atomic mass is 19.1. The maximum absolute atomic E-state index is 13.9. The Labute approximate surface area is 163 Å². The van der Waals surface area contributed by atoms with Crippen LogP contribution in [0.2, 0.25) is 0 Å². The van der Waals surface area contributed by atoms with Gasteiger partial charge in [-0.05, 0) is 61.3 Å². The summed E-state index contributed by atoms with van der Waals surface area (Å²) in [6, 6.07) is 20.5. The Kier molecular flexibility index (Phi) is 4.36. The Morgan fingerprint density at radius 1 is 0.821 bits per heavy atom. The van der Waals surface area contributed by atoms with Gasteiger partial charge in [0.1, 0.15) is 11.6 Å². The van der Waals surface area contributed by atoms with Crippen molar-refractivity contribution < 1.29 is 8.78 Å². The SMILES string of the molecule is Fc1ccc2c(c1)c1cc(F)ccc1n2[C@H]1CCCN(Cc2ccccc2)C1. The summed E-state index contributed by atoms with van der Waals surface area (Å²) < 4.78 is 30.1. The Bertz CT molecular complexity index is 1070. The molecular weight excluding hydrogens is 354 g/mol. The molecule has 0 saturated carbocycles. The second kappa shape index (κ2) is 7.02. The van der Waals surface area contributed by atoms with Gasteiger partial charge in [-0.2, -0.15) is 0 Å². The molecule has 0 amide bonds. The maximum atomic E-state index is 13.9. The van der Waals surface area contributed by atoms with Crippen LogP contribution in [0.5, 0.6) is 0 Å². The van der Waals surface area contributed by atoms with Crippen LogP contribution in [-0.4, -0.2) is 22.6 Å². The first kappa shape index (κ1) is 17.4. The summed E-state index contributed by atoms with van der Waals surface area (Å²) in [5, 5.41) is 1.57. The number of piperidine rings is 1. The maximum Gasteiger partial charge on any atom is 0.123 e. The van der Waals surface area contributed by atoms with Crippen molar-refractivity contribution >= 4 is 21.8 Å². The molecule has 1 aliphatic rings. The molecule has 0 N–H and O–H groups in total. The van der Waals surface area contributed by atoms with Crippen LogP contribution in [0.15, 0.2) is 66.7 Å². The van der Waals surface area contributed by atoms with E-state index in [1.54, 1.807) is 0 Å². The molecule has 28 heavy (non-hydrogen) atoms. The van der Waals surface area contributed by atoms with E-state index in [9.17, 15) is 8.78 Å².